The lowest BCUT2D eigenvalue weighted by atomic mass is 9.98. The Hall–Kier alpha value is -3.24. The molecular formula is C20H23F2N3O6. The van der Waals surface area contributed by atoms with Gasteiger partial charge in [-0.15, -0.1) is 0 Å². The number of carbonyl (C=O) groups is 2. The van der Waals surface area contributed by atoms with Crippen molar-refractivity contribution in [3.63, 3.8) is 0 Å². The number of aromatic nitrogens is 2. The lowest BCUT2D eigenvalue weighted by Crippen LogP contribution is -2.42. The van der Waals surface area contributed by atoms with Crippen molar-refractivity contribution < 1.29 is 37.1 Å². The number of benzene rings is 1. The molecule has 1 fully saturated rings. The molecule has 9 nitrogen and oxygen atoms in total. The molecule has 1 aromatic carbocycles. The number of hydrogen-bond donors (Lipinski definition) is 0. The van der Waals surface area contributed by atoms with E-state index >= 15 is 0 Å². The van der Waals surface area contributed by atoms with Crippen molar-refractivity contribution in [2.75, 3.05) is 20.2 Å². The smallest absolute Gasteiger partial charge is 0.387 e. The predicted molar refractivity (Wildman–Crippen MR) is 102 cm³/mol. The van der Waals surface area contributed by atoms with Crippen LogP contribution in [0.5, 0.6) is 11.5 Å². The first kappa shape index (κ1) is 22.4. The van der Waals surface area contributed by atoms with Gasteiger partial charge in [0.25, 0.3) is 5.89 Å². The summed E-state index contributed by atoms with van der Waals surface area (Å²) in [5.74, 6) is -0.597. The van der Waals surface area contributed by atoms with Gasteiger partial charge in [-0.1, -0.05) is 12.1 Å². The van der Waals surface area contributed by atoms with Crippen LogP contribution in [-0.4, -0.2) is 53.7 Å². The van der Waals surface area contributed by atoms with Gasteiger partial charge in [-0.2, -0.15) is 13.8 Å². The number of amides is 1. The zero-order chi connectivity index (χ0) is 22.4. The summed E-state index contributed by atoms with van der Waals surface area (Å²) in [6, 6.07) is 4.21. The first-order valence-electron chi connectivity index (χ1n) is 9.81. The summed E-state index contributed by atoms with van der Waals surface area (Å²) < 4.78 is 44.7. The summed E-state index contributed by atoms with van der Waals surface area (Å²) in [7, 11) is 1.32. The molecule has 0 spiro atoms. The number of rotatable bonds is 8. The predicted octanol–water partition coefficient (Wildman–Crippen LogP) is 3.04. The molecule has 168 valence electrons. The van der Waals surface area contributed by atoms with E-state index in [0.717, 1.165) is 6.42 Å². The zero-order valence-electron chi connectivity index (χ0n) is 17.2. The van der Waals surface area contributed by atoms with Crippen molar-refractivity contribution in [3.05, 3.63) is 24.1 Å². The number of nitrogens with zero attached hydrogens (tertiary/aromatic N) is 3. The molecule has 0 N–H and O–H groups in total. The second-order valence-electron chi connectivity index (χ2n) is 6.90. The standard InChI is InChI=1S/C20H23F2N3O6/c1-3-17(26)25-8-4-5-13(10-25)19(27)29-11-16-23-18(24-31-16)12-6-7-14(30-20(21)22)15(9-12)28-2/h6-7,9,13,20H,3-5,8,10-11H2,1-2H3. The van der Waals surface area contributed by atoms with E-state index in [4.69, 9.17) is 14.0 Å². The third kappa shape index (κ3) is 5.68. The first-order chi connectivity index (χ1) is 14.9. The van der Waals surface area contributed by atoms with Gasteiger partial charge in [0.1, 0.15) is 0 Å². The van der Waals surface area contributed by atoms with Crippen LogP contribution in [0.2, 0.25) is 0 Å². The van der Waals surface area contributed by atoms with Crippen LogP contribution < -0.4 is 9.47 Å². The topological polar surface area (TPSA) is 104 Å². The quantitative estimate of drug-likeness (QED) is 0.578. The van der Waals surface area contributed by atoms with E-state index in [0.29, 0.717) is 31.5 Å². The number of carbonyl (C=O) groups excluding carboxylic acids is 2. The van der Waals surface area contributed by atoms with E-state index < -0.39 is 18.5 Å². The number of likely N-dealkylation sites (tertiary alicyclic amines) is 1. The number of hydrogen-bond acceptors (Lipinski definition) is 8. The Balaban J connectivity index is 1.60. The van der Waals surface area contributed by atoms with Crippen LogP contribution >= 0.6 is 0 Å². The number of ether oxygens (including phenoxy) is 3. The van der Waals surface area contributed by atoms with Gasteiger partial charge < -0.3 is 23.6 Å². The molecule has 0 radical (unpaired) electrons. The highest BCUT2D eigenvalue weighted by Gasteiger charge is 2.29. The number of piperidine rings is 1. The highest BCUT2D eigenvalue weighted by molar-refractivity contribution is 5.78. The molecule has 2 heterocycles. The molecule has 1 unspecified atom stereocenters. The van der Waals surface area contributed by atoms with E-state index in [1.165, 1.54) is 25.3 Å². The summed E-state index contributed by atoms with van der Waals surface area (Å²) in [4.78, 5) is 30.1. The van der Waals surface area contributed by atoms with E-state index in [1.54, 1.807) is 11.8 Å². The molecule has 1 aliphatic rings. The fourth-order valence-corrected chi connectivity index (χ4v) is 3.30. The fraction of sp³-hybridized carbons (Fsp3) is 0.500. The second kappa shape index (κ2) is 10.2. The molecule has 1 amide bonds. The summed E-state index contributed by atoms with van der Waals surface area (Å²) in [5.41, 5.74) is 0.445. The SMILES string of the molecule is CCC(=O)N1CCCC(C(=O)OCc2nc(-c3ccc(OC(F)F)c(OC)c3)no2)C1. The largest absolute Gasteiger partial charge is 0.493 e. The van der Waals surface area contributed by atoms with Crippen molar-refractivity contribution in [1.29, 1.82) is 0 Å². The number of methoxy groups -OCH3 is 1. The van der Waals surface area contributed by atoms with Gasteiger partial charge in [-0.3, -0.25) is 9.59 Å². The Morgan fingerprint density at radius 1 is 1.32 bits per heavy atom. The van der Waals surface area contributed by atoms with Crippen LogP contribution in [-0.2, 0) is 20.9 Å². The second-order valence-corrected chi connectivity index (χ2v) is 6.90. The zero-order valence-corrected chi connectivity index (χ0v) is 17.2. The Morgan fingerprint density at radius 3 is 2.84 bits per heavy atom. The minimum Gasteiger partial charge on any atom is -0.493 e. The number of esters is 1. The van der Waals surface area contributed by atoms with Crippen molar-refractivity contribution in [2.45, 2.75) is 39.4 Å². The van der Waals surface area contributed by atoms with Crippen LogP contribution in [0.3, 0.4) is 0 Å². The minimum absolute atomic E-state index is 0.0134. The minimum atomic E-state index is -2.98. The van der Waals surface area contributed by atoms with Gasteiger partial charge in [-0.25, -0.2) is 0 Å². The maximum absolute atomic E-state index is 12.4. The Labute approximate surface area is 177 Å². The van der Waals surface area contributed by atoms with E-state index in [9.17, 15) is 18.4 Å². The number of alkyl halides is 2. The molecular weight excluding hydrogens is 416 g/mol. The van der Waals surface area contributed by atoms with E-state index in [2.05, 4.69) is 14.9 Å². The van der Waals surface area contributed by atoms with Crippen LogP contribution in [0, 0.1) is 5.92 Å². The van der Waals surface area contributed by atoms with Gasteiger partial charge in [0, 0.05) is 25.1 Å². The van der Waals surface area contributed by atoms with Crippen LogP contribution in [0.25, 0.3) is 11.4 Å². The summed E-state index contributed by atoms with van der Waals surface area (Å²) in [5, 5.41) is 3.81. The Bertz CT molecular complexity index is 920. The van der Waals surface area contributed by atoms with Crippen LogP contribution in [0.1, 0.15) is 32.1 Å². The molecule has 1 saturated heterocycles. The molecule has 1 atom stereocenters. The Kier molecular flexibility index (Phi) is 7.37. The average Bonchev–Trinajstić information content (AvgIpc) is 3.26. The molecule has 1 aliphatic heterocycles. The first-order valence-corrected chi connectivity index (χ1v) is 9.81. The maximum Gasteiger partial charge on any atom is 0.387 e. The van der Waals surface area contributed by atoms with Crippen molar-refractivity contribution in [3.8, 4) is 22.9 Å². The van der Waals surface area contributed by atoms with E-state index in [-0.39, 0.29) is 35.7 Å². The van der Waals surface area contributed by atoms with Crippen LogP contribution in [0.4, 0.5) is 8.78 Å². The van der Waals surface area contributed by atoms with Gasteiger partial charge in [0.05, 0.1) is 13.0 Å². The molecule has 0 aliphatic carbocycles. The third-order valence-corrected chi connectivity index (χ3v) is 4.85. The summed E-state index contributed by atoms with van der Waals surface area (Å²) in [6.45, 7) is -0.427. The average molecular weight is 439 g/mol. The van der Waals surface area contributed by atoms with Crippen LogP contribution in [0.15, 0.2) is 22.7 Å². The number of halogens is 2. The molecule has 1 aromatic heterocycles. The highest BCUT2D eigenvalue weighted by Crippen LogP contribution is 2.32. The third-order valence-electron chi connectivity index (χ3n) is 4.85. The summed E-state index contributed by atoms with van der Waals surface area (Å²) >= 11 is 0. The highest BCUT2D eigenvalue weighted by atomic mass is 19.3. The molecule has 11 heteroatoms. The monoisotopic (exact) mass is 439 g/mol. The van der Waals surface area contributed by atoms with Crippen molar-refractivity contribution in [1.82, 2.24) is 15.0 Å². The van der Waals surface area contributed by atoms with Crippen molar-refractivity contribution >= 4 is 11.9 Å². The lowest BCUT2D eigenvalue weighted by molar-refractivity contribution is -0.153. The maximum atomic E-state index is 12.4. The molecule has 2 aromatic rings. The van der Waals surface area contributed by atoms with Crippen molar-refractivity contribution in [2.24, 2.45) is 5.92 Å². The van der Waals surface area contributed by atoms with Gasteiger partial charge >= 0.3 is 12.6 Å². The molecule has 3 rings (SSSR count). The normalized spacial score (nSPS) is 16.3. The molecule has 0 bridgehead atoms. The molecule has 0 saturated carbocycles. The molecule has 31 heavy (non-hydrogen) atoms. The Morgan fingerprint density at radius 2 is 2.13 bits per heavy atom. The van der Waals surface area contributed by atoms with Gasteiger partial charge in [0.2, 0.25) is 11.7 Å². The van der Waals surface area contributed by atoms with Gasteiger partial charge in [-0.05, 0) is 31.0 Å². The van der Waals surface area contributed by atoms with Gasteiger partial charge in [0.15, 0.2) is 18.1 Å². The van der Waals surface area contributed by atoms with E-state index in [1.807, 2.05) is 0 Å². The fourth-order valence-electron chi connectivity index (χ4n) is 3.30. The summed E-state index contributed by atoms with van der Waals surface area (Å²) in [6.07, 6.45) is 1.78. The lowest BCUT2D eigenvalue weighted by Gasteiger charge is -2.31.